The fourth-order valence-electron chi connectivity index (χ4n) is 2.67. The van der Waals surface area contributed by atoms with E-state index in [0.29, 0.717) is 12.3 Å². The van der Waals surface area contributed by atoms with E-state index in [1.54, 1.807) is 11.8 Å². The van der Waals surface area contributed by atoms with E-state index < -0.39 is 0 Å². The highest BCUT2D eigenvalue weighted by Gasteiger charge is 2.34. The molecule has 0 aromatic heterocycles. The van der Waals surface area contributed by atoms with Crippen LogP contribution in [0.1, 0.15) is 13.3 Å². The van der Waals surface area contributed by atoms with Gasteiger partial charge in [0.05, 0.1) is 24.3 Å². The Balaban J connectivity index is 1.86. The van der Waals surface area contributed by atoms with Gasteiger partial charge in [-0.15, -0.1) is 11.8 Å². The van der Waals surface area contributed by atoms with E-state index in [2.05, 4.69) is 0 Å². The van der Waals surface area contributed by atoms with E-state index >= 15 is 0 Å². The predicted molar refractivity (Wildman–Crippen MR) is 77.5 cm³/mol. The van der Waals surface area contributed by atoms with Crippen molar-refractivity contribution in [3.63, 3.8) is 0 Å². The molecule has 0 aliphatic carbocycles. The number of nitrogens with two attached hydrogens (primary N) is 1. The third kappa shape index (κ3) is 2.44. The third-order valence-electron chi connectivity index (χ3n) is 3.66. The van der Waals surface area contributed by atoms with Crippen LogP contribution in [0, 0.1) is 5.92 Å². The molecular formula is C14H18N2O2S. The first-order valence-corrected chi connectivity index (χ1v) is 7.59. The van der Waals surface area contributed by atoms with Crippen LogP contribution < -0.4 is 10.6 Å². The Labute approximate surface area is 117 Å². The van der Waals surface area contributed by atoms with Crippen LogP contribution in [0.5, 0.6) is 0 Å². The molecule has 2 N–H and O–H groups in total. The quantitative estimate of drug-likeness (QED) is 0.800. The van der Waals surface area contributed by atoms with Crippen molar-refractivity contribution >= 4 is 29.0 Å². The van der Waals surface area contributed by atoms with Crippen molar-refractivity contribution < 1.29 is 9.53 Å². The maximum atomic E-state index is 12.6. The van der Waals surface area contributed by atoms with Crippen molar-refractivity contribution in [1.82, 2.24) is 0 Å². The van der Waals surface area contributed by atoms with Crippen LogP contribution in [0.15, 0.2) is 23.1 Å². The van der Waals surface area contributed by atoms with Crippen molar-refractivity contribution in [2.75, 3.05) is 29.5 Å². The smallest absolute Gasteiger partial charge is 0.232 e. The molecule has 2 atom stereocenters. The van der Waals surface area contributed by atoms with Crippen molar-refractivity contribution in [1.29, 1.82) is 0 Å². The highest BCUT2D eigenvalue weighted by molar-refractivity contribution is 7.99. The van der Waals surface area contributed by atoms with Gasteiger partial charge in [-0.3, -0.25) is 4.79 Å². The average Bonchev–Trinajstić information content (AvgIpc) is 2.84. The molecule has 1 amide bonds. The van der Waals surface area contributed by atoms with Crippen molar-refractivity contribution in [3.8, 4) is 0 Å². The van der Waals surface area contributed by atoms with Gasteiger partial charge in [-0.25, -0.2) is 0 Å². The van der Waals surface area contributed by atoms with Crippen LogP contribution in [-0.2, 0) is 9.53 Å². The molecule has 3 rings (SSSR count). The monoisotopic (exact) mass is 278 g/mol. The normalized spacial score (nSPS) is 26.3. The second-order valence-corrected chi connectivity index (χ2v) is 6.28. The minimum absolute atomic E-state index is 0.00705. The minimum Gasteiger partial charge on any atom is -0.399 e. The third-order valence-corrected chi connectivity index (χ3v) is 4.70. The largest absolute Gasteiger partial charge is 0.399 e. The highest BCUT2D eigenvalue weighted by Crippen LogP contribution is 2.37. The lowest BCUT2D eigenvalue weighted by Gasteiger charge is -2.31. The molecule has 4 nitrogen and oxygen atoms in total. The van der Waals surface area contributed by atoms with Crippen LogP contribution >= 0.6 is 11.8 Å². The van der Waals surface area contributed by atoms with Gasteiger partial charge in [-0.1, -0.05) is 0 Å². The summed E-state index contributed by atoms with van der Waals surface area (Å²) in [6, 6.07) is 5.79. The summed E-state index contributed by atoms with van der Waals surface area (Å²) in [5.41, 5.74) is 7.51. The van der Waals surface area contributed by atoms with Crippen molar-refractivity contribution in [3.05, 3.63) is 18.2 Å². The van der Waals surface area contributed by atoms with Gasteiger partial charge < -0.3 is 15.4 Å². The predicted octanol–water partition coefficient (Wildman–Crippen LogP) is 2.13. The summed E-state index contributed by atoms with van der Waals surface area (Å²) in [7, 11) is 0. The number of hydrogen-bond donors (Lipinski definition) is 1. The molecule has 0 radical (unpaired) electrons. The standard InChI is InChI=1S/C14H18N2O2S/c1-9-6-10(8-18-9)14(17)16-4-5-19-13-3-2-11(15)7-12(13)16/h2-3,7,9-10H,4-6,8,15H2,1H3. The Morgan fingerprint density at radius 1 is 1.53 bits per heavy atom. The molecule has 1 fully saturated rings. The molecule has 102 valence electrons. The number of amides is 1. The van der Waals surface area contributed by atoms with E-state index in [4.69, 9.17) is 10.5 Å². The van der Waals surface area contributed by atoms with Gasteiger partial charge >= 0.3 is 0 Å². The lowest BCUT2D eigenvalue weighted by molar-refractivity contribution is -0.122. The molecule has 2 unspecified atom stereocenters. The van der Waals surface area contributed by atoms with Gasteiger partial charge in [0.25, 0.3) is 0 Å². The number of carbonyl (C=O) groups is 1. The van der Waals surface area contributed by atoms with Gasteiger partial charge in [0.1, 0.15) is 0 Å². The zero-order valence-electron chi connectivity index (χ0n) is 11.0. The number of carbonyl (C=O) groups excluding carboxylic acids is 1. The van der Waals surface area contributed by atoms with E-state index in [-0.39, 0.29) is 17.9 Å². The second-order valence-electron chi connectivity index (χ2n) is 5.14. The fraction of sp³-hybridized carbons (Fsp3) is 0.500. The summed E-state index contributed by atoms with van der Waals surface area (Å²) in [4.78, 5) is 15.6. The van der Waals surface area contributed by atoms with Crippen LogP contribution in [0.3, 0.4) is 0 Å². The highest BCUT2D eigenvalue weighted by atomic mass is 32.2. The Morgan fingerprint density at radius 3 is 3.11 bits per heavy atom. The van der Waals surface area contributed by atoms with E-state index in [1.165, 1.54) is 0 Å². The van der Waals surface area contributed by atoms with E-state index in [1.807, 2.05) is 30.0 Å². The molecule has 2 aliphatic rings. The summed E-state index contributed by atoms with van der Waals surface area (Å²) in [6.07, 6.45) is 1.01. The average molecular weight is 278 g/mol. The number of rotatable bonds is 1. The summed E-state index contributed by atoms with van der Waals surface area (Å²) < 4.78 is 5.51. The lowest BCUT2D eigenvalue weighted by atomic mass is 10.0. The van der Waals surface area contributed by atoms with E-state index in [0.717, 1.165) is 29.3 Å². The molecule has 0 bridgehead atoms. The van der Waals surface area contributed by atoms with Crippen LogP contribution in [-0.4, -0.2) is 30.9 Å². The van der Waals surface area contributed by atoms with Gasteiger partial charge in [-0.2, -0.15) is 0 Å². The minimum atomic E-state index is -0.00705. The first kappa shape index (κ1) is 12.8. The maximum Gasteiger partial charge on any atom is 0.232 e. The maximum absolute atomic E-state index is 12.6. The Bertz CT molecular complexity index is 506. The van der Waals surface area contributed by atoms with Crippen LogP contribution in [0.4, 0.5) is 11.4 Å². The molecule has 1 saturated heterocycles. The molecular weight excluding hydrogens is 260 g/mol. The lowest BCUT2D eigenvalue weighted by Crippen LogP contribution is -2.40. The molecule has 5 heteroatoms. The molecule has 2 heterocycles. The summed E-state index contributed by atoms with van der Waals surface area (Å²) in [6.45, 7) is 3.32. The zero-order valence-corrected chi connectivity index (χ0v) is 11.8. The first-order valence-electron chi connectivity index (χ1n) is 6.60. The number of nitrogens with zero attached hydrogens (tertiary/aromatic N) is 1. The Hall–Kier alpha value is -1.20. The number of hydrogen-bond acceptors (Lipinski definition) is 4. The molecule has 0 spiro atoms. The van der Waals surface area contributed by atoms with Crippen molar-refractivity contribution in [2.45, 2.75) is 24.3 Å². The van der Waals surface area contributed by atoms with Gasteiger partial charge in [0, 0.05) is 22.9 Å². The SMILES string of the molecule is CC1CC(C(=O)N2CCSc3ccc(N)cc32)CO1. The fourth-order valence-corrected chi connectivity index (χ4v) is 3.65. The number of fused-ring (bicyclic) bond motifs is 1. The van der Waals surface area contributed by atoms with Crippen LogP contribution in [0.2, 0.25) is 0 Å². The van der Waals surface area contributed by atoms with E-state index in [9.17, 15) is 4.79 Å². The number of ether oxygens (including phenoxy) is 1. The number of anilines is 2. The summed E-state index contributed by atoms with van der Waals surface area (Å²) >= 11 is 1.78. The zero-order chi connectivity index (χ0) is 13.4. The van der Waals surface area contributed by atoms with Gasteiger partial charge in [0.15, 0.2) is 0 Å². The molecule has 2 aliphatic heterocycles. The Kier molecular flexibility index (Phi) is 3.41. The molecule has 1 aromatic rings. The first-order chi connectivity index (χ1) is 9.15. The Morgan fingerprint density at radius 2 is 2.37 bits per heavy atom. The number of nitrogen functional groups attached to an aromatic ring is 1. The second kappa shape index (κ2) is 5.06. The van der Waals surface area contributed by atoms with Gasteiger partial charge in [-0.05, 0) is 31.5 Å². The topological polar surface area (TPSA) is 55.6 Å². The summed E-state index contributed by atoms with van der Waals surface area (Å²) in [5.74, 6) is 1.11. The summed E-state index contributed by atoms with van der Waals surface area (Å²) in [5, 5.41) is 0. The molecule has 0 saturated carbocycles. The van der Waals surface area contributed by atoms with Crippen molar-refractivity contribution in [2.24, 2.45) is 5.92 Å². The molecule has 1 aromatic carbocycles. The number of thioether (sulfide) groups is 1. The van der Waals surface area contributed by atoms with Gasteiger partial charge in [0.2, 0.25) is 5.91 Å². The number of benzene rings is 1. The molecule has 19 heavy (non-hydrogen) atoms. The van der Waals surface area contributed by atoms with Crippen LogP contribution in [0.25, 0.3) is 0 Å².